The highest BCUT2D eigenvalue weighted by Crippen LogP contribution is 2.30. The van der Waals surface area contributed by atoms with Crippen molar-refractivity contribution in [2.24, 2.45) is 0 Å². The van der Waals surface area contributed by atoms with Crippen LogP contribution in [-0.4, -0.2) is 17.0 Å². The van der Waals surface area contributed by atoms with Crippen molar-refractivity contribution in [1.29, 1.82) is 0 Å². The van der Waals surface area contributed by atoms with Crippen LogP contribution in [0.3, 0.4) is 0 Å². The zero-order valence-corrected chi connectivity index (χ0v) is 14.2. The lowest BCUT2D eigenvalue weighted by molar-refractivity contribution is -0.383. The van der Waals surface area contributed by atoms with Crippen molar-refractivity contribution in [3.8, 4) is 0 Å². The molecule has 0 aliphatic rings. The molecule has 0 spiro atoms. The summed E-state index contributed by atoms with van der Waals surface area (Å²) in [4.78, 5) is 15.2. The van der Waals surface area contributed by atoms with Gasteiger partial charge < -0.3 is 10.1 Å². The number of anilines is 1. The number of nitrogens with zero attached hydrogens (tertiary/aromatic N) is 2. The zero-order valence-electron chi connectivity index (χ0n) is 14.2. The first-order chi connectivity index (χ1) is 12.1. The van der Waals surface area contributed by atoms with E-state index in [0.29, 0.717) is 18.7 Å². The number of benzene rings is 2. The van der Waals surface area contributed by atoms with E-state index >= 15 is 0 Å². The maximum atomic E-state index is 11.2. The summed E-state index contributed by atoms with van der Waals surface area (Å²) >= 11 is 0. The second-order valence-electron chi connectivity index (χ2n) is 5.85. The van der Waals surface area contributed by atoms with Crippen LogP contribution in [0.2, 0.25) is 0 Å². The molecular weight excluding hydrogens is 318 g/mol. The molecule has 0 aliphatic heterocycles. The molecule has 0 amide bonds. The molecule has 0 fully saturated rings. The van der Waals surface area contributed by atoms with E-state index in [9.17, 15) is 10.1 Å². The Kier molecular flexibility index (Phi) is 4.90. The van der Waals surface area contributed by atoms with Crippen LogP contribution in [-0.2, 0) is 17.9 Å². The summed E-state index contributed by atoms with van der Waals surface area (Å²) in [5.74, 6) is 0. The molecule has 25 heavy (non-hydrogen) atoms. The van der Waals surface area contributed by atoms with Gasteiger partial charge in [0.25, 0.3) is 5.69 Å². The van der Waals surface area contributed by atoms with Crippen LogP contribution in [0, 0.1) is 17.0 Å². The van der Waals surface area contributed by atoms with Gasteiger partial charge in [0.2, 0.25) is 0 Å². The van der Waals surface area contributed by atoms with E-state index in [0.717, 1.165) is 27.9 Å². The molecule has 6 nitrogen and oxygen atoms in total. The number of aryl methyl sites for hydroxylation is 1. The van der Waals surface area contributed by atoms with Crippen molar-refractivity contribution in [1.82, 2.24) is 4.98 Å². The lowest BCUT2D eigenvalue weighted by atomic mass is 10.1. The predicted octanol–water partition coefficient (Wildman–Crippen LogP) is 4.21. The summed E-state index contributed by atoms with van der Waals surface area (Å²) in [5, 5.41) is 15.4. The average molecular weight is 337 g/mol. The van der Waals surface area contributed by atoms with E-state index in [4.69, 9.17) is 4.74 Å². The molecule has 128 valence electrons. The van der Waals surface area contributed by atoms with Gasteiger partial charge in [-0.2, -0.15) is 0 Å². The molecule has 0 saturated heterocycles. The fraction of sp³-hybridized carbons (Fsp3) is 0.211. The standard InChI is InChI=1S/C19H19N3O3/c1-13-9-17(16-7-4-8-18(22(23)24)19(16)21-13)20-11-14-5-3-6-15(10-14)12-25-2/h3-10H,11-12H2,1-2H3,(H,20,21). The summed E-state index contributed by atoms with van der Waals surface area (Å²) in [6, 6.07) is 15.0. The number of non-ortho nitro benzene ring substituents is 1. The fourth-order valence-electron chi connectivity index (χ4n) is 2.85. The van der Waals surface area contributed by atoms with Crippen molar-refractivity contribution in [3.63, 3.8) is 0 Å². The molecule has 3 rings (SSSR count). The van der Waals surface area contributed by atoms with Gasteiger partial charge in [-0.15, -0.1) is 0 Å². The van der Waals surface area contributed by atoms with Crippen LogP contribution in [0.25, 0.3) is 10.9 Å². The van der Waals surface area contributed by atoms with Gasteiger partial charge in [-0.3, -0.25) is 10.1 Å². The second kappa shape index (κ2) is 7.27. The SMILES string of the molecule is COCc1cccc(CNc2cc(C)nc3c([N+](=O)[O-])cccc23)c1. The number of hydrogen-bond donors (Lipinski definition) is 1. The molecule has 0 radical (unpaired) electrons. The summed E-state index contributed by atoms with van der Waals surface area (Å²) < 4.78 is 5.16. The minimum atomic E-state index is -0.396. The van der Waals surface area contributed by atoms with Crippen LogP contribution in [0.1, 0.15) is 16.8 Å². The lowest BCUT2D eigenvalue weighted by Crippen LogP contribution is -2.03. The number of nitro groups is 1. The van der Waals surface area contributed by atoms with Crippen molar-refractivity contribution >= 4 is 22.3 Å². The minimum absolute atomic E-state index is 0.0198. The highest BCUT2D eigenvalue weighted by molar-refractivity contribution is 5.96. The molecule has 0 unspecified atom stereocenters. The summed E-state index contributed by atoms with van der Waals surface area (Å²) in [5.41, 5.74) is 4.21. The smallest absolute Gasteiger partial charge is 0.295 e. The first-order valence-corrected chi connectivity index (χ1v) is 7.94. The third-order valence-corrected chi connectivity index (χ3v) is 3.93. The average Bonchev–Trinajstić information content (AvgIpc) is 2.59. The Morgan fingerprint density at radius 3 is 2.68 bits per heavy atom. The molecule has 2 aromatic carbocycles. The highest BCUT2D eigenvalue weighted by atomic mass is 16.6. The number of pyridine rings is 1. The molecule has 3 aromatic rings. The van der Waals surface area contributed by atoms with Crippen LogP contribution in [0.5, 0.6) is 0 Å². The summed E-state index contributed by atoms with van der Waals surface area (Å²) in [7, 11) is 1.67. The minimum Gasteiger partial charge on any atom is -0.380 e. The topological polar surface area (TPSA) is 77.3 Å². The number of fused-ring (bicyclic) bond motifs is 1. The predicted molar refractivity (Wildman–Crippen MR) is 97.6 cm³/mol. The molecule has 0 bridgehead atoms. The van der Waals surface area contributed by atoms with Gasteiger partial charge in [-0.05, 0) is 24.1 Å². The zero-order chi connectivity index (χ0) is 17.8. The van der Waals surface area contributed by atoms with Crippen LogP contribution < -0.4 is 5.32 Å². The quantitative estimate of drug-likeness (QED) is 0.538. The van der Waals surface area contributed by atoms with E-state index in [-0.39, 0.29) is 5.69 Å². The lowest BCUT2D eigenvalue weighted by Gasteiger charge is -2.12. The molecule has 6 heteroatoms. The van der Waals surface area contributed by atoms with Gasteiger partial charge in [-0.25, -0.2) is 4.98 Å². The maximum absolute atomic E-state index is 11.2. The molecule has 1 aromatic heterocycles. The first kappa shape index (κ1) is 16.9. The van der Waals surface area contributed by atoms with E-state index in [1.54, 1.807) is 13.2 Å². The van der Waals surface area contributed by atoms with Gasteiger partial charge in [0, 0.05) is 36.5 Å². The largest absolute Gasteiger partial charge is 0.380 e. The highest BCUT2D eigenvalue weighted by Gasteiger charge is 2.15. The molecule has 0 atom stereocenters. The Balaban J connectivity index is 1.92. The van der Waals surface area contributed by atoms with E-state index < -0.39 is 4.92 Å². The number of ether oxygens (including phenoxy) is 1. The van der Waals surface area contributed by atoms with Gasteiger partial charge in [0.1, 0.15) is 0 Å². The third-order valence-electron chi connectivity index (χ3n) is 3.93. The summed E-state index contributed by atoms with van der Waals surface area (Å²) in [6.07, 6.45) is 0. The molecule has 1 N–H and O–H groups in total. The second-order valence-corrected chi connectivity index (χ2v) is 5.85. The monoisotopic (exact) mass is 337 g/mol. The molecule has 0 saturated carbocycles. The van der Waals surface area contributed by atoms with E-state index in [1.165, 1.54) is 6.07 Å². The fourth-order valence-corrected chi connectivity index (χ4v) is 2.85. The Hall–Kier alpha value is -2.99. The van der Waals surface area contributed by atoms with Crippen molar-refractivity contribution in [3.05, 3.63) is 75.5 Å². The number of nitrogens with one attached hydrogen (secondary N) is 1. The van der Waals surface area contributed by atoms with E-state index in [1.807, 2.05) is 37.3 Å². The van der Waals surface area contributed by atoms with Crippen LogP contribution in [0.15, 0.2) is 48.5 Å². The molecule has 1 heterocycles. The van der Waals surface area contributed by atoms with E-state index in [2.05, 4.69) is 16.4 Å². The van der Waals surface area contributed by atoms with Gasteiger partial charge in [-0.1, -0.05) is 36.4 Å². The van der Waals surface area contributed by atoms with Crippen molar-refractivity contribution in [2.45, 2.75) is 20.1 Å². The maximum Gasteiger partial charge on any atom is 0.295 e. The number of nitro benzene ring substituents is 1. The summed E-state index contributed by atoms with van der Waals surface area (Å²) in [6.45, 7) is 3.01. The molecular formula is C19H19N3O3. The van der Waals surface area contributed by atoms with Crippen molar-refractivity contribution < 1.29 is 9.66 Å². The Morgan fingerprint density at radius 2 is 1.92 bits per heavy atom. The van der Waals surface area contributed by atoms with Crippen LogP contribution in [0.4, 0.5) is 11.4 Å². The van der Waals surface area contributed by atoms with Gasteiger partial charge in [0.05, 0.1) is 11.5 Å². The Bertz CT molecular complexity index is 925. The Morgan fingerprint density at radius 1 is 1.16 bits per heavy atom. The van der Waals surface area contributed by atoms with Gasteiger partial charge >= 0.3 is 0 Å². The number of rotatable bonds is 6. The number of para-hydroxylation sites is 1. The van der Waals surface area contributed by atoms with Crippen LogP contribution >= 0.6 is 0 Å². The van der Waals surface area contributed by atoms with Gasteiger partial charge in [0.15, 0.2) is 5.52 Å². The van der Waals surface area contributed by atoms with Crippen molar-refractivity contribution in [2.75, 3.05) is 12.4 Å². The molecule has 0 aliphatic carbocycles. The Labute approximate surface area is 145 Å². The third kappa shape index (κ3) is 3.75. The number of hydrogen-bond acceptors (Lipinski definition) is 5. The number of aromatic nitrogens is 1. The number of methoxy groups -OCH3 is 1. The normalized spacial score (nSPS) is 10.8. The first-order valence-electron chi connectivity index (χ1n) is 7.94.